The van der Waals surface area contributed by atoms with Crippen molar-refractivity contribution in [2.24, 2.45) is 5.41 Å². The van der Waals surface area contributed by atoms with E-state index in [1.54, 1.807) is 13.3 Å². The van der Waals surface area contributed by atoms with Crippen LogP contribution in [0.3, 0.4) is 0 Å². The van der Waals surface area contributed by atoms with Gasteiger partial charge in [-0.15, -0.1) is 0 Å². The van der Waals surface area contributed by atoms with E-state index in [4.69, 9.17) is 4.74 Å². The molecule has 0 atom stereocenters. The van der Waals surface area contributed by atoms with Gasteiger partial charge in [0.2, 0.25) is 0 Å². The first kappa shape index (κ1) is 14.8. The molecule has 0 aliphatic carbocycles. The molecule has 0 unspecified atom stereocenters. The smallest absolute Gasteiger partial charge is 0.137 e. The van der Waals surface area contributed by atoms with Crippen LogP contribution in [0.1, 0.15) is 46.5 Å². The number of unbranched alkanes of at least 4 members (excludes halogenated alkanes) is 2. The SMILES string of the molecule is CCCCCC(C)(C)CNc1ccc(OC)cn1. The Kier molecular flexibility index (Phi) is 5.96. The highest BCUT2D eigenvalue weighted by atomic mass is 16.5. The van der Waals surface area contributed by atoms with Crippen molar-refractivity contribution >= 4 is 5.82 Å². The summed E-state index contributed by atoms with van der Waals surface area (Å²) in [5, 5.41) is 3.40. The van der Waals surface area contributed by atoms with E-state index in [1.165, 1.54) is 25.7 Å². The number of hydrogen-bond donors (Lipinski definition) is 1. The highest BCUT2D eigenvalue weighted by molar-refractivity contribution is 5.37. The summed E-state index contributed by atoms with van der Waals surface area (Å²) in [7, 11) is 1.65. The number of ether oxygens (including phenoxy) is 1. The van der Waals surface area contributed by atoms with Crippen molar-refractivity contribution in [3.8, 4) is 5.75 Å². The van der Waals surface area contributed by atoms with Crippen LogP contribution < -0.4 is 10.1 Å². The van der Waals surface area contributed by atoms with Gasteiger partial charge in [0.05, 0.1) is 13.3 Å². The van der Waals surface area contributed by atoms with Gasteiger partial charge in [-0.1, -0.05) is 40.0 Å². The highest BCUT2D eigenvalue weighted by Crippen LogP contribution is 2.24. The largest absolute Gasteiger partial charge is 0.495 e. The molecule has 0 radical (unpaired) electrons. The minimum Gasteiger partial charge on any atom is -0.495 e. The predicted molar refractivity (Wildman–Crippen MR) is 77.2 cm³/mol. The Morgan fingerprint density at radius 1 is 1.28 bits per heavy atom. The second-order valence-electron chi connectivity index (χ2n) is 5.56. The monoisotopic (exact) mass is 250 g/mol. The van der Waals surface area contributed by atoms with Crippen LogP contribution in [-0.4, -0.2) is 18.6 Å². The molecule has 0 saturated carbocycles. The van der Waals surface area contributed by atoms with Crippen LogP contribution >= 0.6 is 0 Å². The zero-order valence-corrected chi connectivity index (χ0v) is 12.1. The fraction of sp³-hybridized carbons (Fsp3) is 0.667. The van der Waals surface area contributed by atoms with Crippen LogP contribution in [-0.2, 0) is 0 Å². The van der Waals surface area contributed by atoms with Gasteiger partial charge in [-0.05, 0) is 24.0 Å². The van der Waals surface area contributed by atoms with Crippen molar-refractivity contribution in [3.63, 3.8) is 0 Å². The summed E-state index contributed by atoms with van der Waals surface area (Å²) in [5.74, 6) is 1.71. The Morgan fingerprint density at radius 2 is 2.06 bits per heavy atom. The van der Waals surface area contributed by atoms with E-state index in [-0.39, 0.29) is 0 Å². The van der Waals surface area contributed by atoms with Gasteiger partial charge in [0.1, 0.15) is 11.6 Å². The van der Waals surface area contributed by atoms with E-state index in [0.717, 1.165) is 18.1 Å². The van der Waals surface area contributed by atoms with Crippen molar-refractivity contribution < 1.29 is 4.74 Å². The standard InChI is InChI=1S/C15H26N2O/c1-5-6-7-10-15(2,3)12-17-14-9-8-13(18-4)11-16-14/h8-9,11H,5-7,10,12H2,1-4H3,(H,16,17). The maximum atomic E-state index is 5.09. The maximum Gasteiger partial charge on any atom is 0.137 e. The van der Waals surface area contributed by atoms with Gasteiger partial charge in [-0.3, -0.25) is 0 Å². The molecule has 0 aromatic carbocycles. The number of hydrogen-bond acceptors (Lipinski definition) is 3. The molecule has 0 amide bonds. The number of pyridine rings is 1. The third-order valence-electron chi connectivity index (χ3n) is 3.18. The summed E-state index contributed by atoms with van der Waals surface area (Å²) in [6.07, 6.45) is 6.91. The van der Waals surface area contributed by atoms with E-state index in [2.05, 4.69) is 31.1 Å². The number of nitrogens with one attached hydrogen (secondary N) is 1. The Balaban J connectivity index is 2.37. The Morgan fingerprint density at radius 3 is 2.61 bits per heavy atom. The summed E-state index contributed by atoms with van der Waals surface area (Å²) < 4.78 is 5.09. The van der Waals surface area contributed by atoms with Crippen molar-refractivity contribution in [1.82, 2.24) is 4.98 Å². The first-order chi connectivity index (χ1) is 8.57. The lowest BCUT2D eigenvalue weighted by Crippen LogP contribution is -2.23. The molecule has 1 heterocycles. The Bertz CT molecular complexity index is 333. The summed E-state index contributed by atoms with van der Waals surface area (Å²) in [6.45, 7) is 7.81. The highest BCUT2D eigenvalue weighted by Gasteiger charge is 2.16. The van der Waals surface area contributed by atoms with E-state index < -0.39 is 0 Å². The lowest BCUT2D eigenvalue weighted by molar-refractivity contribution is 0.342. The summed E-state index contributed by atoms with van der Waals surface area (Å²) in [5.41, 5.74) is 0.316. The maximum absolute atomic E-state index is 5.09. The molecule has 3 nitrogen and oxygen atoms in total. The molecule has 0 fully saturated rings. The Hall–Kier alpha value is -1.25. The second kappa shape index (κ2) is 7.24. The second-order valence-corrected chi connectivity index (χ2v) is 5.56. The van der Waals surface area contributed by atoms with Crippen LogP contribution in [0.2, 0.25) is 0 Å². The lowest BCUT2D eigenvalue weighted by Gasteiger charge is -2.25. The molecule has 102 valence electrons. The number of aromatic nitrogens is 1. The molecule has 1 rings (SSSR count). The average Bonchev–Trinajstić information content (AvgIpc) is 2.37. The van der Waals surface area contributed by atoms with Crippen LogP contribution in [0, 0.1) is 5.41 Å². The lowest BCUT2D eigenvalue weighted by atomic mass is 9.87. The average molecular weight is 250 g/mol. The van der Waals surface area contributed by atoms with E-state index in [1.807, 2.05) is 12.1 Å². The van der Waals surface area contributed by atoms with Crippen LogP contribution in [0.25, 0.3) is 0 Å². The Labute approximate surface area is 111 Å². The van der Waals surface area contributed by atoms with E-state index >= 15 is 0 Å². The first-order valence-electron chi connectivity index (χ1n) is 6.81. The molecular weight excluding hydrogens is 224 g/mol. The third-order valence-corrected chi connectivity index (χ3v) is 3.18. The van der Waals surface area contributed by atoms with Gasteiger partial charge in [0, 0.05) is 6.54 Å². The number of nitrogens with zero attached hydrogens (tertiary/aromatic N) is 1. The normalized spacial score (nSPS) is 11.3. The minimum absolute atomic E-state index is 0.316. The van der Waals surface area contributed by atoms with Crippen molar-refractivity contribution in [3.05, 3.63) is 18.3 Å². The van der Waals surface area contributed by atoms with Gasteiger partial charge in [-0.2, -0.15) is 0 Å². The molecule has 3 heteroatoms. The van der Waals surface area contributed by atoms with Crippen LogP contribution in [0.15, 0.2) is 18.3 Å². The summed E-state index contributed by atoms with van der Waals surface area (Å²) >= 11 is 0. The molecule has 18 heavy (non-hydrogen) atoms. The fourth-order valence-electron chi connectivity index (χ4n) is 1.88. The van der Waals surface area contributed by atoms with Gasteiger partial charge in [-0.25, -0.2) is 4.98 Å². The van der Waals surface area contributed by atoms with Crippen LogP contribution in [0.4, 0.5) is 5.82 Å². The number of methoxy groups -OCH3 is 1. The van der Waals surface area contributed by atoms with Crippen molar-refractivity contribution in [1.29, 1.82) is 0 Å². The van der Waals surface area contributed by atoms with Gasteiger partial charge >= 0.3 is 0 Å². The van der Waals surface area contributed by atoms with Gasteiger partial charge in [0.15, 0.2) is 0 Å². The topological polar surface area (TPSA) is 34.1 Å². The number of anilines is 1. The molecule has 0 aliphatic heterocycles. The molecule has 0 saturated heterocycles. The molecule has 0 spiro atoms. The quantitative estimate of drug-likeness (QED) is 0.705. The summed E-state index contributed by atoms with van der Waals surface area (Å²) in [4.78, 5) is 4.31. The minimum atomic E-state index is 0.316. The van der Waals surface area contributed by atoms with Gasteiger partial charge < -0.3 is 10.1 Å². The molecule has 1 N–H and O–H groups in total. The summed E-state index contributed by atoms with van der Waals surface area (Å²) in [6, 6.07) is 3.89. The van der Waals surface area contributed by atoms with E-state index in [9.17, 15) is 0 Å². The zero-order chi connectivity index (χ0) is 13.4. The molecule has 1 aromatic rings. The third kappa shape index (κ3) is 5.39. The van der Waals surface area contributed by atoms with Crippen molar-refractivity contribution in [2.45, 2.75) is 46.5 Å². The van der Waals surface area contributed by atoms with Crippen LogP contribution in [0.5, 0.6) is 5.75 Å². The molecule has 0 aliphatic rings. The molecule has 1 aromatic heterocycles. The van der Waals surface area contributed by atoms with Gasteiger partial charge in [0.25, 0.3) is 0 Å². The van der Waals surface area contributed by atoms with Crippen molar-refractivity contribution in [2.75, 3.05) is 19.0 Å². The first-order valence-corrected chi connectivity index (χ1v) is 6.81. The fourth-order valence-corrected chi connectivity index (χ4v) is 1.88. The predicted octanol–water partition coefficient (Wildman–Crippen LogP) is 4.11. The zero-order valence-electron chi connectivity index (χ0n) is 12.1. The molecular formula is C15H26N2O. The molecule has 0 bridgehead atoms. The number of rotatable bonds is 8. The van der Waals surface area contributed by atoms with E-state index in [0.29, 0.717) is 5.41 Å².